The second-order valence-corrected chi connectivity index (χ2v) is 5.27. The average Bonchev–Trinajstić information content (AvgIpc) is 2.42. The molecule has 0 radical (unpaired) electrons. The van der Waals surface area contributed by atoms with Crippen LogP contribution in [0.2, 0.25) is 0 Å². The minimum Gasteiger partial charge on any atom is -0.452 e. The van der Waals surface area contributed by atoms with Crippen molar-refractivity contribution in [2.45, 2.75) is 0 Å². The topological polar surface area (TPSA) is 89.0 Å². The highest BCUT2D eigenvalue weighted by atomic mass is 79.9. The molecule has 1 aromatic carbocycles. The number of aromatic nitrogens is 1. The Morgan fingerprint density at radius 2 is 2.00 bits per heavy atom. The third kappa shape index (κ3) is 2.95. The molecule has 6 nitrogen and oxygen atoms in total. The third-order valence-electron chi connectivity index (χ3n) is 2.28. The van der Waals surface area contributed by atoms with Crippen LogP contribution in [0.15, 0.2) is 39.4 Å². The summed E-state index contributed by atoms with van der Waals surface area (Å²) in [4.78, 5) is 14.1. The molecule has 0 bridgehead atoms. The van der Waals surface area contributed by atoms with Crippen molar-refractivity contribution < 1.29 is 9.66 Å². The normalized spacial score (nSPS) is 9.85. The maximum atomic E-state index is 10.7. The van der Waals surface area contributed by atoms with Gasteiger partial charge in [-0.3, -0.25) is 10.1 Å². The molecule has 0 amide bonds. The summed E-state index contributed by atoms with van der Waals surface area (Å²) >= 11 is 6.41. The fourth-order valence-electron chi connectivity index (χ4n) is 1.42. The van der Waals surface area contributed by atoms with Gasteiger partial charge in [-0.25, -0.2) is 4.98 Å². The number of halogens is 2. The minimum absolute atomic E-state index is 0.0807. The predicted molar refractivity (Wildman–Crippen MR) is 77.5 cm³/mol. The van der Waals surface area contributed by atoms with E-state index in [1.165, 1.54) is 18.3 Å². The quantitative estimate of drug-likeness (QED) is 0.571. The Bertz CT molecular complexity index is 705. The van der Waals surface area contributed by atoms with Gasteiger partial charge in [-0.2, -0.15) is 5.26 Å². The number of ether oxygens (including phenoxy) is 1. The van der Waals surface area contributed by atoms with Gasteiger partial charge in [0.15, 0.2) is 17.2 Å². The van der Waals surface area contributed by atoms with Gasteiger partial charge in [-0.1, -0.05) is 0 Å². The summed E-state index contributed by atoms with van der Waals surface area (Å²) in [5.41, 5.74) is 0.0486. The highest BCUT2D eigenvalue weighted by Crippen LogP contribution is 2.40. The van der Waals surface area contributed by atoms with Crippen molar-refractivity contribution in [3.8, 4) is 17.6 Å². The van der Waals surface area contributed by atoms with Gasteiger partial charge in [0.25, 0.3) is 5.69 Å². The van der Waals surface area contributed by atoms with Crippen molar-refractivity contribution in [1.29, 1.82) is 5.26 Å². The Morgan fingerprint density at radius 3 is 2.55 bits per heavy atom. The lowest BCUT2D eigenvalue weighted by molar-refractivity contribution is -0.385. The van der Waals surface area contributed by atoms with E-state index in [1.54, 1.807) is 12.1 Å². The summed E-state index contributed by atoms with van der Waals surface area (Å²) in [6.45, 7) is 0. The van der Waals surface area contributed by atoms with E-state index in [0.717, 1.165) is 0 Å². The number of nitrogens with zero attached hydrogens (tertiary/aromatic N) is 3. The van der Waals surface area contributed by atoms with E-state index in [2.05, 4.69) is 36.8 Å². The molecule has 2 aromatic rings. The molecule has 20 heavy (non-hydrogen) atoms. The fraction of sp³-hybridized carbons (Fsp3) is 0. The van der Waals surface area contributed by atoms with Crippen LogP contribution in [0.1, 0.15) is 5.69 Å². The van der Waals surface area contributed by atoms with Gasteiger partial charge in [0.1, 0.15) is 6.07 Å². The first kappa shape index (κ1) is 14.4. The van der Waals surface area contributed by atoms with Crippen LogP contribution in [-0.4, -0.2) is 9.91 Å². The molecule has 0 aliphatic rings. The lowest BCUT2D eigenvalue weighted by Crippen LogP contribution is -1.94. The van der Waals surface area contributed by atoms with Gasteiger partial charge >= 0.3 is 0 Å². The Kier molecular flexibility index (Phi) is 4.32. The first-order chi connectivity index (χ1) is 9.52. The Balaban J connectivity index is 2.45. The van der Waals surface area contributed by atoms with Gasteiger partial charge in [-0.15, -0.1) is 0 Å². The first-order valence-corrected chi connectivity index (χ1v) is 6.78. The number of non-ortho nitro benzene ring substituents is 1. The van der Waals surface area contributed by atoms with E-state index in [9.17, 15) is 10.1 Å². The largest absolute Gasteiger partial charge is 0.452 e. The molecule has 1 aromatic heterocycles. The van der Waals surface area contributed by atoms with Gasteiger partial charge in [0, 0.05) is 18.3 Å². The van der Waals surface area contributed by atoms with Crippen LogP contribution >= 0.6 is 31.9 Å². The van der Waals surface area contributed by atoms with Gasteiger partial charge in [0.05, 0.1) is 13.9 Å². The number of hydrogen-bond acceptors (Lipinski definition) is 5. The summed E-state index contributed by atoms with van der Waals surface area (Å²) in [5.74, 6) is 0.602. The second-order valence-electron chi connectivity index (χ2n) is 3.56. The smallest absolute Gasteiger partial charge is 0.271 e. The van der Waals surface area contributed by atoms with E-state index in [-0.39, 0.29) is 17.1 Å². The Hall–Kier alpha value is -1.98. The lowest BCUT2D eigenvalue weighted by Gasteiger charge is -2.10. The number of rotatable bonds is 3. The Morgan fingerprint density at radius 1 is 1.35 bits per heavy atom. The summed E-state index contributed by atoms with van der Waals surface area (Å²) < 4.78 is 6.38. The summed E-state index contributed by atoms with van der Waals surface area (Å²) in [5, 5.41) is 19.7. The standard InChI is InChI=1S/C12H5Br2N3O3/c13-8-4-7(17(18)19)5-9(14)12(8)20-11-2-1-3-16-10(11)6-15/h1-5H. The lowest BCUT2D eigenvalue weighted by atomic mass is 10.3. The molecule has 0 unspecified atom stereocenters. The van der Waals surface area contributed by atoms with Crippen molar-refractivity contribution >= 4 is 37.5 Å². The summed E-state index contributed by atoms with van der Waals surface area (Å²) in [6.07, 6.45) is 1.48. The van der Waals surface area contributed by atoms with Crippen LogP contribution in [0.5, 0.6) is 11.5 Å². The monoisotopic (exact) mass is 397 g/mol. The summed E-state index contributed by atoms with van der Waals surface area (Å²) in [6, 6.07) is 7.77. The van der Waals surface area contributed by atoms with E-state index < -0.39 is 4.92 Å². The number of hydrogen-bond donors (Lipinski definition) is 0. The number of nitriles is 1. The number of pyridine rings is 1. The molecular weight excluding hydrogens is 394 g/mol. The van der Waals surface area contributed by atoms with Crippen LogP contribution in [0.25, 0.3) is 0 Å². The van der Waals surface area contributed by atoms with Crippen molar-refractivity contribution in [2.24, 2.45) is 0 Å². The van der Waals surface area contributed by atoms with Crippen LogP contribution < -0.4 is 4.74 Å². The maximum Gasteiger partial charge on any atom is 0.271 e. The minimum atomic E-state index is -0.510. The van der Waals surface area contributed by atoms with Crippen LogP contribution in [0.3, 0.4) is 0 Å². The molecule has 0 aliphatic carbocycles. The van der Waals surface area contributed by atoms with Gasteiger partial charge in [-0.05, 0) is 44.0 Å². The molecule has 8 heteroatoms. The summed E-state index contributed by atoms with van der Waals surface area (Å²) in [7, 11) is 0. The maximum absolute atomic E-state index is 10.7. The van der Waals surface area contributed by atoms with Gasteiger partial charge in [0.2, 0.25) is 0 Å². The van der Waals surface area contributed by atoms with Gasteiger partial charge < -0.3 is 4.74 Å². The van der Waals surface area contributed by atoms with Crippen molar-refractivity contribution in [2.75, 3.05) is 0 Å². The molecule has 100 valence electrons. The third-order valence-corrected chi connectivity index (χ3v) is 3.46. The number of nitro groups is 1. The SMILES string of the molecule is N#Cc1ncccc1Oc1c(Br)cc([N+](=O)[O-])cc1Br. The predicted octanol–water partition coefficient (Wildman–Crippen LogP) is 4.18. The zero-order chi connectivity index (χ0) is 14.7. The first-order valence-electron chi connectivity index (χ1n) is 5.19. The van der Waals surface area contributed by atoms with Crippen molar-refractivity contribution in [1.82, 2.24) is 4.98 Å². The van der Waals surface area contributed by atoms with Crippen molar-refractivity contribution in [3.05, 3.63) is 55.2 Å². The average molecular weight is 399 g/mol. The van der Waals surface area contributed by atoms with E-state index in [4.69, 9.17) is 10.00 Å². The van der Waals surface area contributed by atoms with E-state index >= 15 is 0 Å². The highest BCUT2D eigenvalue weighted by Gasteiger charge is 2.17. The van der Waals surface area contributed by atoms with Crippen LogP contribution in [0.4, 0.5) is 5.69 Å². The zero-order valence-electron chi connectivity index (χ0n) is 9.71. The highest BCUT2D eigenvalue weighted by molar-refractivity contribution is 9.11. The van der Waals surface area contributed by atoms with E-state index in [0.29, 0.717) is 14.7 Å². The molecule has 0 spiro atoms. The molecule has 0 N–H and O–H groups in total. The zero-order valence-corrected chi connectivity index (χ0v) is 12.9. The number of benzene rings is 1. The van der Waals surface area contributed by atoms with Crippen molar-refractivity contribution in [3.63, 3.8) is 0 Å². The van der Waals surface area contributed by atoms with Crippen LogP contribution in [0, 0.1) is 21.4 Å². The fourth-order valence-corrected chi connectivity index (χ4v) is 2.74. The molecule has 0 saturated carbocycles. The molecule has 2 rings (SSSR count). The molecule has 0 saturated heterocycles. The molecule has 0 atom stereocenters. The molecule has 0 fully saturated rings. The molecular formula is C12H5Br2N3O3. The van der Waals surface area contributed by atoms with E-state index in [1.807, 2.05) is 6.07 Å². The second kappa shape index (κ2) is 5.98. The molecule has 1 heterocycles. The van der Waals surface area contributed by atoms with Crippen LogP contribution in [-0.2, 0) is 0 Å². The number of nitro benzene ring substituents is 1. The Labute approximate surface area is 130 Å². The molecule has 0 aliphatic heterocycles.